The van der Waals surface area contributed by atoms with Crippen LogP contribution in [0.15, 0.2) is 42.9 Å². The Kier molecular flexibility index (Phi) is 2.56. The number of rotatable bonds is 3. The van der Waals surface area contributed by atoms with E-state index in [1.807, 2.05) is 31.7 Å². The Morgan fingerprint density at radius 3 is 2.89 bits per heavy atom. The summed E-state index contributed by atoms with van der Waals surface area (Å²) in [6.07, 6.45) is 5.70. The molecule has 6 heteroatoms. The van der Waals surface area contributed by atoms with Gasteiger partial charge in [0.2, 0.25) is 0 Å². The summed E-state index contributed by atoms with van der Waals surface area (Å²) in [5.74, 6) is 0. The van der Waals surface area contributed by atoms with E-state index < -0.39 is 0 Å². The Bertz CT molecular complexity index is 757. The van der Waals surface area contributed by atoms with Crippen LogP contribution in [0.1, 0.15) is 5.56 Å². The van der Waals surface area contributed by atoms with Crippen molar-refractivity contribution in [3.8, 4) is 0 Å². The van der Waals surface area contributed by atoms with Crippen LogP contribution in [0.5, 0.6) is 0 Å². The van der Waals surface area contributed by atoms with Gasteiger partial charge in [0.1, 0.15) is 0 Å². The molecule has 1 aromatic carbocycles. The molecule has 6 nitrogen and oxygen atoms in total. The van der Waals surface area contributed by atoms with Crippen LogP contribution in [-0.2, 0) is 13.6 Å². The van der Waals surface area contributed by atoms with Gasteiger partial charge in [-0.05, 0) is 12.1 Å². The molecule has 0 aliphatic carbocycles. The van der Waals surface area contributed by atoms with Crippen LogP contribution in [0.4, 0.5) is 5.69 Å². The van der Waals surface area contributed by atoms with Crippen LogP contribution in [0.25, 0.3) is 10.9 Å². The van der Waals surface area contributed by atoms with E-state index in [0.717, 1.165) is 16.5 Å². The monoisotopic (exact) mass is 256 g/mol. The first-order valence-electron chi connectivity index (χ1n) is 5.84. The molecule has 0 aliphatic rings. The van der Waals surface area contributed by atoms with Crippen molar-refractivity contribution in [2.75, 3.05) is 0 Å². The number of hydrogen-bond donors (Lipinski definition) is 0. The van der Waals surface area contributed by atoms with Crippen LogP contribution in [-0.4, -0.2) is 19.3 Å². The zero-order valence-electron chi connectivity index (χ0n) is 10.4. The van der Waals surface area contributed by atoms with E-state index in [0.29, 0.717) is 6.54 Å². The maximum Gasteiger partial charge on any atom is 0.270 e. The van der Waals surface area contributed by atoms with Crippen molar-refractivity contribution in [2.24, 2.45) is 7.05 Å². The Morgan fingerprint density at radius 2 is 2.21 bits per heavy atom. The molecule has 0 N–H and O–H groups in total. The minimum Gasteiger partial charge on any atom is -0.343 e. The average molecular weight is 256 g/mol. The van der Waals surface area contributed by atoms with E-state index in [2.05, 4.69) is 9.67 Å². The number of nitro groups is 1. The van der Waals surface area contributed by atoms with Gasteiger partial charge in [0.15, 0.2) is 0 Å². The number of benzene rings is 1. The van der Waals surface area contributed by atoms with Crippen molar-refractivity contribution in [1.29, 1.82) is 0 Å². The number of hydrogen-bond acceptors (Lipinski definition) is 3. The summed E-state index contributed by atoms with van der Waals surface area (Å²) in [5.41, 5.74) is 2.19. The predicted octanol–water partition coefficient (Wildman–Crippen LogP) is 2.33. The molecule has 0 fully saturated rings. The van der Waals surface area contributed by atoms with Gasteiger partial charge in [0.05, 0.1) is 17.7 Å². The zero-order valence-corrected chi connectivity index (χ0v) is 10.4. The van der Waals surface area contributed by atoms with Gasteiger partial charge in [-0.2, -0.15) is 5.10 Å². The maximum atomic E-state index is 10.7. The van der Waals surface area contributed by atoms with E-state index in [4.69, 9.17) is 0 Å². The van der Waals surface area contributed by atoms with Crippen molar-refractivity contribution in [2.45, 2.75) is 6.54 Å². The molecule has 0 saturated carbocycles. The number of aromatic nitrogens is 3. The fourth-order valence-electron chi connectivity index (χ4n) is 2.19. The smallest absolute Gasteiger partial charge is 0.270 e. The highest BCUT2D eigenvalue weighted by atomic mass is 16.6. The van der Waals surface area contributed by atoms with Gasteiger partial charge in [0, 0.05) is 48.0 Å². The van der Waals surface area contributed by atoms with Gasteiger partial charge in [-0.1, -0.05) is 0 Å². The third kappa shape index (κ3) is 2.08. The number of non-ortho nitro benzene ring substituents is 1. The van der Waals surface area contributed by atoms with Gasteiger partial charge >= 0.3 is 0 Å². The van der Waals surface area contributed by atoms with Gasteiger partial charge < -0.3 is 4.57 Å². The molecule has 0 radical (unpaired) electrons. The summed E-state index contributed by atoms with van der Waals surface area (Å²) in [6, 6.07) is 6.79. The number of aryl methyl sites for hydroxylation is 1. The van der Waals surface area contributed by atoms with E-state index in [9.17, 15) is 10.1 Å². The zero-order chi connectivity index (χ0) is 13.4. The maximum absolute atomic E-state index is 10.7. The van der Waals surface area contributed by atoms with Crippen molar-refractivity contribution >= 4 is 16.6 Å². The Balaban J connectivity index is 1.99. The highest BCUT2D eigenvalue weighted by molar-refractivity contribution is 5.82. The van der Waals surface area contributed by atoms with E-state index in [1.54, 1.807) is 16.8 Å². The lowest BCUT2D eigenvalue weighted by Crippen LogP contribution is -1.96. The fraction of sp³-hybridized carbons (Fsp3) is 0.154. The molecule has 0 spiro atoms. The quantitative estimate of drug-likeness (QED) is 0.533. The fourth-order valence-corrected chi connectivity index (χ4v) is 2.19. The molecule has 2 heterocycles. The second-order valence-corrected chi connectivity index (χ2v) is 4.47. The molecule has 0 bridgehead atoms. The highest BCUT2D eigenvalue weighted by Gasteiger charge is 2.09. The topological polar surface area (TPSA) is 65.9 Å². The molecular formula is C13H12N4O2. The van der Waals surface area contributed by atoms with Crippen LogP contribution in [0, 0.1) is 10.1 Å². The standard InChI is InChI=1S/C13H12N4O2/c1-15-8-10(7-14-15)9-16-5-4-11-6-12(17(18)19)2-3-13(11)16/h2-8H,9H2,1H3. The third-order valence-electron chi connectivity index (χ3n) is 3.08. The first kappa shape index (κ1) is 11.5. The second-order valence-electron chi connectivity index (χ2n) is 4.47. The van der Waals surface area contributed by atoms with Crippen LogP contribution in [0.2, 0.25) is 0 Å². The number of fused-ring (bicyclic) bond motifs is 1. The molecule has 0 aliphatic heterocycles. The molecular weight excluding hydrogens is 244 g/mol. The lowest BCUT2D eigenvalue weighted by Gasteiger charge is -2.02. The van der Waals surface area contributed by atoms with E-state index in [1.165, 1.54) is 6.07 Å². The minimum atomic E-state index is -0.377. The van der Waals surface area contributed by atoms with Crippen molar-refractivity contribution in [1.82, 2.24) is 14.3 Å². The minimum absolute atomic E-state index is 0.117. The highest BCUT2D eigenvalue weighted by Crippen LogP contribution is 2.22. The number of nitro benzene ring substituents is 1. The largest absolute Gasteiger partial charge is 0.343 e. The summed E-state index contributed by atoms with van der Waals surface area (Å²) in [4.78, 5) is 10.4. The molecule has 0 amide bonds. The second kappa shape index (κ2) is 4.24. The number of nitrogens with zero attached hydrogens (tertiary/aromatic N) is 4. The van der Waals surface area contributed by atoms with E-state index in [-0.39, 0.29) is 10.6 Å². The molecule has 19 heavy (non-hydrogen) atoms. The van der Waals surface area contributed by atoms with Gasteiger partial charge in [0.25, 0.3) is 5.69 Å². The first-order valence-corrected chi connectivity index (χ1v) is 5.84. The van der Waals surface area contributed by atoms with Gasteiger partial charge in [-0.15, -0.1) is 0 Å². The Labute approximate surface area is 109 Å². The first-order chi connectivity index (χ1) is 9.13. The summed E-state index contributed by atoms with van der Waals surface area (Å²) >= 11 is 0. The Hall–Kier alpha value is -2.63. The third-order valence-corrected chi connectivity index (χ3v) is 3.08. The molecule has 0 saturated heterocycles. The summed E-state index contributed by atoms with van der Waals surface area (Å²) in [6.45, 7) is 0.704. The SMILES string of the molecule is Cn1cc(Cn2ccc3cc([N+](=O)[O-])ccc32)cn1. The van der Waals surface area contributed by atoms with Crippen LogP contribution >= 0.6 is 0 Å². The molecule has 96 valence electrons. The van der Waals surface area contributed by atoms with Crippen LogP contribution in [0.3, 0.4) is 0 Å². The van der Waals surface area contributed by atoms with E-state index >= 15 is 0 Å². The molecule has 0 unspecified atom stereocenters. The van der Waals surface area contributed by atoms with Crippen molar-refractivity contribution < 1.29 is 4.92 Å². The summed E-state index contributed by atoms with van der Waals surface area (Å²) < 4.78 is 3.81. The summed E-state index contributed by atoms with van der Waals surface area (Å²) in [5, 5.41) is 15.7. The predicted molar refractivity (Wildman–Crippen MR) is 70.9 cm³/mol. The molecule has 2 aromatic heterocycles. The van der Waals surface area contributed by atoms with Gasteiger partial charge in [-0.25, -0.2) is 0 Å². The molecule has 3 rings (SSSR count). The Morgan fingerprint density at radius 1 is 1.37 bits per heavy atom. The van der Waals surface area contributed by atoms with Crippen molar-refractivity contribution in [3.63, 3.8) is 0 Å². The summed E-state index contributed by atoms with van der Waals surface area (Å²) in [7, 11) is 1.88. The normalized spacial score (nSPS) is 11.0. The average Bonchev–Trinajstić information content (AvgIpc) is 2.96. The van der Waals surface area contributed by atoms with Gasteiger partial charge in [-0.3, -0.25) is 14.8 Å². The van der Waals surface area contributed by atoms with Crippen molar-refractivity contribution in [3.05, 3.63) is 58.5 Å². The van der Waals surface area contributed by atoms with Crippen LogP contribution < -0.4 is 0 Å². The molecule has 0 atom stereocenters. The lowest BCUT2D eigenvalue weighted by atomic mass is 10.2. The lowest BCUT2D eigenvalue weighted by molar-refractivity contribution is -0.384. The molecule has 3 aromatic rings.